The van der Waals surface area contributed by atoms with Gasteiger partial charge in [0, 0.05) is 0 Å². The lowest BCUT2D eigenvalue weighted by molar-refractivity contribution is 0.0870. The van der Waals surface area contributed by atoms with E-state index in [-0.39, 0.29) is 4.47 Å². The molecule has 2 nitrogen and oxygen atoms in total. The summed E-state index contributed by atoms with van der Waals surface area (Å²) < 4.78 is 27.4. The molecule has 0 atom stereocenters. The number of carbonyl (C=O) groups is 1. The number of benzene rings is 1. The zero-order valence-electron chi connectivity index (χ0n) is 9.69. The van der Waals surface area contributed by atoms with E-state index in [2.05, 4.69) is 15.9 Å². The molecule has 0 unspecified atom stereocenters. The first kappa shape index (κ1) is 14.3. The fourth-order valence-electron chi connectivity index (χ4n) is 1.56. The van der Waals surface area contributed by atoms with Crippen LogP contribution < -0.4 is 5.73 Å². The quantitative estimate of drug-likeness (QED) is 0.684. The van der Waals surface area contributed by atoms with Gasteiger partial charge in [-0.1, -0.05) is 13.8 Å². The van der Waals surface area contributed by atoms with Crippen LogP contribution in [0.4, 0.5) is 8.78 Å². The van der Waals surface area contributed by atoms with Crippen molar-refractivity contribution in [2.24, 2.45) is 5.73 Å². The fourth-order valence-corrected chi connectivity index (χ4v) is 1.89. The third-order valence-corrected chi connectivity index (χ3v) is 3.60. The number of hydrogen-bond donors (Lipinski definition) is 1. The zero-order chi connectivity index (χ0) is 13.2. The summed E-state index contributed by atoms with van der Waals surface area (Å²) in [5, 5.41) is 0. The van der Waals surface area contributed by atoms with Gasteiger partial charge in [-0.05, 0) is 40.9 Å². The number of halogens is 3. The van der Waals surface area contributed by atoms with Crippen LogP contribution in [0.2, 0.25) is 0 Å². The van der Waals surface area contributed by atoms with Gasteiger partial charge >= 0.3 is 0 Å². The number of hydrogen-bond acceptors (Lipinski definition) is 2. The maximum absolute atomic E-state index is 13.8. The van der Waals surface area contributed by atoms with Gasteiger partial charge in [-0.25, -0.2) is 8.78 Å². The smallest absolute Gasteiger partial charge is 0.188 e. The normalized spacial score (nSPS) is 11.6. The number of ketones is 1. The van der Waals surface area contributed by atoms with Crippen molar-refractivity contribution in [3.05, 3.63) is 33.8 Å². The van der Waals surface area contributed by atoms with Crippen molar-refractivity contribution in [3.8, 4) is 0 Å². The zero-order valence-corrected chi connectivity index (χ0v) is 11.3. The minimum atomic E-state index is -1.22. The lowest BCUT2D eigenvalue weighted by atomic mass is 9.85. The van der Waals surface area contributed by atoms with Crippen molar-refractivity contribution in [3.63, 3.8) is 0 Å². The Bertz CT molecular complexity index is 444. The molecule has 5 heteroatoms. The van der Waals surface area contributed by atoms with Gasteiger partial charge in [0.15, 0.2) is 11.6 Å². The molecule has 94 valence electrons. The Hall–Kier alpha value is -0.810. The van der Waals surface area contributed by atoms with E-state index in [1.54, 1.807) is 13.8 Å². The highest BCUT2D eigenvalue weighted by atomic mass is 79.9. The molecule has 0 fully saturated rings. The third kappa shape index (κ3) is 2.55. The largest absolute Gasteiger partial charge is 0.319 e. The molecular weight excluding hydrogens is 292 g/mol. The molecule has 17 heavy (non-hydrogen) atoms. The Morgan fingerprint density at radius 2 is 1.88 bits per heavy atom. The standard InChI is InChI=1S/C12H14BrF2NO/c1-3-12(16,4-2)11(17)9-8(14)6-5-7(13)10(9)15/h5-6H,3-4,16H2,1-2H3. The van der Waals surface area contributed by atoms with E-state index in [4.69, 9.17) is 5.73 Å². The number of nitrogens with two attached hydrogens (primary N) is 1. The SMILES string of the molecule is CCC(N)(CC)C(=O)c1c(F)ccc(Br)c1F. The van der Waals surface area contributed by atoms with Crippen LogP contribution in [0.25, 0.3) is 0 Å². The Morgan fingerprint density at radius 3 is 2.35 bits per heavy atom. The molecule has 1 aromatic rings. The van der Waals surface area contributed by atoms with E-state index < -0.39 is 28.5 Å². The topological polar surface area (TPSA) is 43.1 Å². The predicted molar refractivity (Wildman–Crippen MR) is 65.9 cm³/mol. The van der Waals surface area contributed by atoms with Crippen LogP contribution in [0.1, 0.15) is 37.0 Å². The van der Waals surface area contributed by atoms with Crippen LogP contribution in [-0.4, -0.2) is 11.3 Å². The van der Waals surface area contributed by atoms with E-state index in [1.165, 1.54) is 6.07 Å². The second kappa shape index (κ2) is 5.23. The van der Waals surface area contributed by atoms with Crippen LogP contribution in [0.3, 0.4) is 0 Å². The summed E-state index contributed by atoms with van der Waals surface area (Å²) in [7, 11) is 0. The third-order valence-electron chi connectivity index (χ3n) is 2.99. The van der Waals surface area contributed by atoms with Crippen LogP contribution in [0.15, 0.2) is 16.6 Å². The first-order valence-corrected chi connectivity index (χ1v) is 6.13. The monoisotopic (exact) mass is 305 g/mol. The van der Waals surface area contributed by atoms with Crippen molar-refractivity contribution in [1.29, 1.82) is 0 Å². The molecule has 0 radical (unpaired) electrons. The molecule has 0 aliphatic carbocycles. The van der Waals surface area contributed by atoms with E-state index in [0.29, 0.717) is 12.8 Å². The maximum atomic E-state index is 13.8. The molecule has 0 bridgehead atoms. The van der Waals surface area contributed by atoms with Crippen LogP contribution >= 0.6 is 15.9 Å². The molecule has 1 rings (SSSR count). The second-order valence-electron chi connectivity index (χ2n) is 3.91. The minimum Gasteiger partial charge on any atom is -0.319 e. The summed E-state index contributed by atoms with van der Waals surface area (Å²) in [6.07, 6.45) is 0.654. The van der Waals surface area contributed by atoms with Gasteiger partial charge in [0.2, 0.25) is 0 Å². The van der Waals surface area contributed by atoms with Gasteiger partial charge in [0.1, 0.15) is 5.82 Å². The van der Waals surface area contributed by atoms with E-state index in [0.717, 1.165) is 6.07 Å². The number of carbonyl (C=O) groups excluding carboxylic acids is 1. The molecule has 2 N–H and O–H groups in total. The first-order chi connectivity index (χ1) is 7.87. The Morgan fingerprint density at radius 1 is 1.35 bits per heavy atom. The van der Waals surface area contributed by atoms with Crippen molar-refractivity contribution in [1.82, 2.24) is 0 Å². The molecule has 0 aliphatic heterocycles. The van der Waals surface area contributed by atoms with Gasteiger partial charge in [-0.2, -0.15) is 0 Å². The lowest BCUT2D eigenvalue weighted by Gasteiger charge is -2.25. The minimum absolute atomic E-state index is 0.0526. The summed E-state index contributed by atoms with van der Waals surface area (Å²) in [6, 6.07) is 2.27. The summed E-state index contributed by atoms with van der Waals surface area (Å²) in [5.74, 6) is -2.47. The molecule has 0 aromatic heterocycles. The van der Waals surface area contributed by atoms with Gasteiger partial charge in [0.25, 0.3) is 0 Å². The highest BCUT2D eigenvalue weighted by Gasteiger charge is 2.35. The van der Waals surface area contributed by atoms with Crippen LogP contribution in [-0.2, 0) is 0 Å². The molecule has 0 amide bonds. The Balaban J connectivity index is 3.35. The van der Waals surface area contributed by atoms with Crippen molar-refractivity contribution in [2.75, 3.05) is 0 Å². The van der Waals surface area contributed by atoms with Crippen molar-refractivity contribution >= 4 is 21.7 Å². The average molecular weight is 306 g/mol. The van der Waals surface area contributed by atoms with Crippen molar-refractivity contribution < 1.29 is 13.6 Å². The van der Waals surface area contributed by atoms with Crippen LogP contribution in [0, 0.1) is 11.6 Å². The first-order valence-electron chi connectivity index (χ1n) is 5.34. The number of rotatable bonds is 4. The summed E-state index contributed by atoms with van der Waals surface area (Å²) >= 11 is 2.92. The van der Waals surface area contributed by atoms with E-state index in [9.17, 15) is 13.6 Å². The van der Waals surface area contributed by atoms with Gasteiger partial charge in [-0.3, -0.25) is 4.79 Å². The van der Waals surface area contributed by atoms with E-state index >= 15 is 0 Å². The highest BCUT2D eigenvalue weighted by molar-refractivity contribution is 9.10. The summed E-state index contributed by atoms with van der Waals surface area (Å²) in [4.78, 5) is 12.1. The average Bonchev–Trinajstić information content (AvgIpc) is 2.33. The Kier molecular flexibility index (Phi) is 4.38. The molecule has 0 aliphatic rings. The summed E-state index contributed by atoms with van der Waals surface area (Å²) in [5.41, 5.74) is 4.08. The molecule has 0 saturated carbocycles. The van der Waals surface area contributed by atoms with Crippen molar-refractivity contribution in [2.45, 2.75) is 32.2 Å². The Labute approximate surface area is 107 Å². The predicted octanol–water partition coefficient (Wildman–Crippen LogP) is 3.43. The fraction of sp³-hybridized carbons (Fsp3) is 0.417. The second-order valence-corrected chi connectivity index (χ2v) is 4.76. The molecule has 0 spiro atoms. The molecule has 1 aromatic carbocycles. The van der Waals surface area contributed by atoms with Gasteiger partial charge in [0.05, 0.1) is 15.6 Å². The molecular formula is C12H14BrF2NO. The number of Topliss-reactive ketones (excluding diaryl/α,β-unsaturated/α-hetero) is 1. The summed E-state index contributed by atoms with van der Waals surface area (Å²) in [6.45, 7) is 3.43. The lowest BCUT2D eigenvalue weighted by Crippen LogP contribution is -2.47. The van der Waals surface area contributed by atoms with Crippen LogP contribution in [0.5, 0.6) is 0 Å². The van der Waals surface area contributed by atoms with Gasteiger partial charge in [-0.15, -0.1) is 0 Å². The molecule has 0 saturated heterocycles. The van der Waals surface area contributed by atoms with E-state index in [1.807, 2.05) is 0 Å². The highest BCUT2D eigenvalue weighted by Crippen LogP contribution is 2.26. The maximum Gasteiger partial charge on any atom is 0.188 e. The van der Waals surface area contributed by atoms with Gasteiger partial charge < -0.3 is 5.73 Å². The molecule has 0 heterocycles.